The van der Waals surface area contributed by atoms with Crippen LogP contribution in [0.1, 0.15) is 0 Å². The lowest BCUT2D eigenvalue weighted by Gasteiger charge is -2.02. The second kappa shape index (κ2) is 4.22. The predicted octanol–water partition coefficient (Wildman–Crippen LogP) is 5.52. The Morgan fingerprint density at radius 3 is 2.58 bits per heavy atom. The molecule has 1 aromatic heterocycles. The van der Waals surface area contributed by atoms with Crippen molar-refractivity contribution in [2.24, 2.45) is 0 Å². The van der Waals surface area contributed by atoms with Gasteiger partial charge in [-0.3, -0.25) is 0 Å². The molecule has 0 N–H and O–H groups in total. The summed E-state index contributed by atoms with van der Waals surface area (Å²) in [4.78, 5) is 0. The molecule has 3 aromatic carbocycles. The van der Waals surface area contributed by atoms with E-state index in [2.05, 4.69) is 66.7 Å². The molecule has 1 radical (unpaired) electrons. The molecule has 0 spiro atoms. The van der Waals surface area contributed by atoms with Crippen LogP contribution in [0.2, 0.25) is 0 Å². The van der Waals surface area contributed by atoms with E-state index in [1.54, 1.807) is 0 Å². The smallest absolute Gasteiger partial charge is 0.0433 e. The third-order valence-electron chi connectivity index (χ3n) is 3.43. The van der Waals surface area contributed by atoms with Crippen LogP contribution in [-0.2, 0) is 0 Å². The Bertz CT molecular complexity index is 857. The average Bonchev–Trinajstić information content (AvgIpc) is 2.87. The van der Waals surface area contributed by atoms with Crippen molar-refractivity contribution >= 4 is 31.5 Å². The maximum atomic E-state index is 3.17. The Kier molecular flexibility index (Phi) is 2.39. The van der Waals surface area contributed by atoms with Crippen LogP contribution in [0.15, 0.2) is 66.7 Å². The highest BCUT2D eigenvalue weighted by molar-refractivity contribution is 7.26. The van der Waals surface area contributed by atoms with Crippen LogP contribution in [0.3, 0.4) is 0 Å². The zero-order valence-electron chi connectivity index (χ0n) is 10.3. The number of rotatable bonds is 1. The van der Waals surface area contributed by atoms with Gasteiger partial charge in [0.25, 0.3) is 0 Å². The fourth-order valence-electron chi connectivity index (χ4n) is 2.54. The summed E-state index contributed by atoms with van der Waals surface area (Å²) in [5.41, 5.74) is 2.60. The molecule has 0 bridgehead atoms. The normalized spacial score (nSPS) is 11.2. The van der Waals surface area contributed by atoms with Gasteiger partial charge in [-0.2, -0.15) is 0 Å². The Morgan fingerprint density at radius 1 is 0.789 bits per heavy atom. The van der Waals surface area contributed by atoms with Crippen molar-refractivity contribution in [2.75, 3.05) is 0 Å². The second-order valence-corrected chi connectivity index (χ2v) is 5.62. The second-order valence-electron chi connectivity index (χ2n) is 4.57. The van der Waals surface area contributed by atoms with Crippen molar-refractivity contribution in [1.29, 1.82) is 0 Å². The Morgan fingerprint density at radius 2 is 1.68 bits per heavy atom. The topological polar surface area (TPSA) is 0 Å². The van der Waals surface area contributed by atoms with Gasteiger partial charge < -0.3 is 0 Å². The minimum atomic E-state index is 1.28. The summed E-state index contributed by atoms with van der Waals surface area (Å²) >= 11 is 1.85. The van der Waals surface area contributed by atoms with Crippen LogP contribution < -0.4 is 0 Å². The van der Waals surface area contributed by atoms with Gasteiger partial charge in [-0.25, -0.2) is 0 Å². The van der Waals surface area contributed by atoms with Crippen molar-refractivity contribution in [2.45, 2.75) is 0 Å². The first-order chi connectivity index (χ1) is 9.43. The van der Waals surface area contributed by atoms with Gasteiger partial charge in [0.1, 0.15) is 0 Å². The maximum Gasteiger partial charge on any atom is 0.0433 e. The third-order valence-corrected chi connectivity index (χ3v) is 4.63. The predicted molar refractivity (Wildman–Crippen MR) is 83.6 cm³/mol. The molecule has 1 heteroatoms. The summed E-state index contributed by atoms with van der Waals surface area (Å²) in [6, 6.07) is 26.5. The minimum absolute atomic E-state index is 1.28. The van der Waals surface area contributed by atoms with Gasteiger partial charge in [0.05, 0.1) is 0 Å². The average molecular weight is 259 g/mol. The van der Waals surface area contributed by atoms with Crippen molar-refractivity contribution in [3.05, 3.63) is 72.8 Å². The first-order valence-electron chi connectivity index (χ1n) is 6.30. The third kappa shape index (κ3) is 1.66. The van der Waals surface area contributed by atoms with Crippen molar-refractivity contribution < 1.29 is 0 Å². The van der Waals surface area contributed by atoms with Crippen LogP contribution >= 0.6 is 11.3 Å². The molecule has 0 saturated carbocycles. The van der Waals surface area contributed by atoms with Crippen molar-refractivity contribution in [1.82, 2.24) is 0 Å². The molecule has 0 nitrogen and oxygen atoms in total. The lowest BCUT2D eigenvalue weighted by atomic mass is 10.0. The zero-order valence-corrected chi connectivity index (χ0v) is 11.1. The largest absolute Gasteiger partial charge is 0.135 e. The van der Waals surface area contributed by atoms with E-state index >= 15 is 0 Å². The van der Waals surface area contributed by atoms with E-state index in [1.807, 2.05) is 17.4 Å². The lowest BCUT2D eigenvalue weighted by molar-refractivity contribution is 1.67. The fraction of sp³-hybridized carbons (Fsp3) is 0. The van der Waals surface area contributed by atoms with E-state index in [4.69, 9.17) is 0 Å². The van der Waals surface area contributed by atoms with Gasteiger partial charge in [0.15, 0.2) is 0 Å². The van der Waals surface area contributed by atoms with Crippen LogP contribution in [0, 0.1) is 6.07 Å². The lowest BCUT2D eigenvalue weighted by Crippen LogP contribution is -1.76. The van der Waals surface area contributed by atoms with Crippen LogP contribution in [0.5, 0.6) is 0 Å². The maximum absolute atomic E-state index is 3.17. The van der Waals surface area contributed by atoms with Crippen LogP contribution in [-0.4, -0.2) is 0 Å². The molecule has 19 heavy (non-hydrogen) atoms. The Hall–Kier alpha value is -2.12. The number of fused-ring (bicyclic) bond motifs is 3. The number of hydrogen-bond acceptors (Lipinski definition) is 1. The van der Waals surface area contributed by atoms with E-state index in [0.29, 0.717) is 0 Å². The molecule has 0 fully saturated rings. The fourth-order valence-corrected chi connectivity index (χ4v) is 3.75. The molecular formula is C18H11S. The van der Waals surface area contributed by atoms with Crippen LogP contribution in [0.4, 0.5) is 0 Å². The summed E-state index contributed by atoms with van der Waals surface area (Å²) < 4.78 is 2.67. The summed E-state index contributed by atoms with van der Waals surface area (Å²) in [6.45, 7) is 0. The summed E-state index contributed by atoms with van der Waals surface area (Å²) in [5, 5.41) is 2.67. The molecule has 0 aliphatic carbocycles. The summed E-state index contributed by atoms with van der Waals surface area (Å²) in [6.07, 6.45) is 0. The monoisotopic (exact) mass is 259 g/mol. The molecule has 0 amide bonds. The molecule has 0 atom stereocenters. The zero-order chi connectivity index (χ0) is 12.7. The highest BCUT2D eigenvalue weighted by Gasteiger charge is 2.09. The molecule has 0 aliphatic heterocycles. The van der Waals surface area contributed by atoms with E-state index in [0.717, 1.165) is 0 Å². The van der Waals surface area contributed by atoms with Gasteiger partial charge >= 0.3 is 0 Å². The summed E-state index contributed by atoms with van der Waals surface area (Å²) in [5.74, 6) is 0. The molecule has 0 saturated heterocycles. The van der Waals surface area contributed by atoms with E-state index in [9.17, 15) is 0 Å². The highest BCUT2D eigenvalue weighted by Crippen LogP contribution is 2.39. The summed E-state index contributed by atoms with van der Waals surface area (Å²) in [7, 11) is 0. The first-order valence-corrected chi connectivity index (χ1v) is 7.12. The Labute approximate surface area is 115 Å². The molecule has 1 heterocycles. The van der Waals surface area contributed by atoms with Crippen molar-refractivity contribution in [3.8, 4) is 11.1 Å². The molecule has 0 unspecified atom stereocenters. The van der Waals surface area contributed by atoms with Gasteiger partial charge in [-0.1, -0.05) is 60.7 Å². The van der Waals surface area contributed by atoms with E-state index in [1.165, 1.54) is 31.3 Å². The van der Waals surface area contributed by atoms with Crippen molar-refractivity contribution in [3.63, 3.8) is 0 Å². The minimum Gasteiger partial charge on any atom is -0.135 e. The van der Waals surface area contributed by atoms with Gasteiger partial charge in [0, 0.05) is 20.2 Å². The quantitative estimate of drug-likeness (QED) is 0.422. The number of benzene rings is 3. The SMILES string of the molecule is [c]1ccc2c(c1)sc1c(-c3ccccc3)cccc12. The van der Waals surface area contributed by atoms with Crippen LogP contribution in [0.25, 0.3) is 31.3 Å². The van der Waals surface area contributed by atoms with Gasteiger partial charge in [-0.05, 0) is 23.3 Å². The Balaban J connectivity index is 2.13. The number of thiophene rings is 1. The van der Waals surface area contributed by atoms with Gasteiger partial charge in [0.2, 0.25) is 0 Å². The molecule has 0 aliphatic rings. The van der Waals surface area contributed by atoms with Gasteiger partial charge in [-0.15, -0.1) is 11.3 Å². The molecule has 4 rings (SSSR count). The van der Waals surface area contributed by atoms with E-state index in [-0.39, 0.29) is 0 Å². The first kappa shape index (κ1) is 10.8. The van der Waals surface area contributed by atoms with E-state index < -0.39 is 0 Å². The molecule has 4 aromatic rings. The highest BCUT2D eigenvalue weighted by atomic mass is 32.1. The number of hydrogen-bond donors (Lipinski definition) is 0. The molecular weight excluding hydrogens is 248 g/mol. The standard InChI is InChI=1S/C18H11S/c1-2-7-13(8-3-1)14-10-6-11-16-15-9-4-5-12-17(15)19-18(14)16/h1-4,6-12H. The molecule has 89 valence electrons.